The van der Waals surface area contributed by atoms with Gasteiger partial charge in [0.25, 0.3) is 5.91 Å². The SMILES string of the molecule is CN(C)[C@@H](C(=O)N1CCC[C@H]1c1ncc(-c2ccc(-c3ccc(-c4cnc([C@@H]5CCCN5C(=O)[C@H](OC(N)=O)c5ccccc5Cl)[nH]4)cc3)cc2)[nH]1)c1ccccc1. The van der Waals surface area contributed by atoms with Gasteiger partial charge in [0, 0.05) is 23.7 Å². The topological polar surface area (TPSA) is 154 Å². The largest absolute Gasteiger partial charge is 0.431 e. The van der Waals surface area contributed by atoms with Crippen LogP contribution in [0.25, 0.3) is 33.6 Å². The number of carbonyl (C=O) groups is 3. The molecule has 0 bridgehead atoms. The van der Waals surface area contributed by atoms with E-state index in [-0.39, 0.29) is 24.0 Å². The van der Waals surface area contributed by atoms with Crippen molar-refractivity contribution in [3.8, 4) is 33.6 Å². The Morgan fingerprint density at radius 2 is 1.19 bits per heavy atom. The number of rotatable bonds is 11. The van der Waals surface area contributed by atoms with Crippen molar-refractivity contribution in [1.82, 2.24) is 34.6 Å². The van der Waals surface area contributed by atoms with Gasteiger partial charge in [-0.1, -0.05) is 109 Å². The molecule has 4 aromatic carbocycles. The molecule has 296 valence electrons. The smallest absolute Gasteiger partial charge is 0.405 e. The first-order chi connectivity index (χ1) is 28.2. The molecule has 12 nitrogen and oxygen atoms in total. The Labute approximate surface area is 342 Å². The van der Waals surface area contributed by atoms with E-state index in [1.54, 1.807) is 35.4 Å². The molecule has 13 heteroatoms. The molecular formula is C45H45ClN8O4. The van der Waals surface area contributed by atoms with Gasteiger partial charge in [-0.3, -0.25) is 14.5 Å². The van der Waals surface area contributed by atoms with Crippen LogP contribution in [0.3, 0.4) is 0 Å². The number of primary amides is 1. The van der Waals surface area contributed by atoms with Gasteiger partial charge >= 0.3 is 6.09 Å². The minimum Gasteiger partial charge on any atom is -0.431 e. The molecule has 0 saturated carbocycles. The molecule has 2 saturated heterocycles. The Morgan fingerprint density at radius 3 is 1.69 bits per heavy atom. The highest BCUT2D eigenvalue weighted by molar-refractivity contribution is 6.31. The molecule has 0 aliphatic carbocycles. The molecule has 0 radical (unpaired) electrons. The zero-order valence-electron chi connectivity index (χ0n) is 32.3. The summed E-state index contributed by atoms with van der Waals surface area (Å²) in [5.74, 6) is 1.14. The fraction of sp³-hybridized carbons (Fsp3) is 0.267. The van der Waals surface area contributed by atoms with Gasteiger partial charge in [-0.05, 0) is 73.7 Å². The number of aromatic nitrogens is 4. The average Bonchev–Trinajstić information content (AvgIpc) is 4.08. The van der Waals surface area contributed by atoms with Crippen molar-refractivity contribution >= 4 is 29.5 Å². The zero-order valence-corrected chi connectivity index (χ0v) is 33.1. The number of ether oxygens (including phenoxy) is 1. The maximum absolute atomic E-state index is 13.9. The number of benzene rings is 4. The van der Waals surface area contributed by atoms with Crippen molar-refractivity contribution in [2.75, 3.05) is 27.2 Å². The summed E-state index contributed by atoms with van der Waals surface area (Å²) >= 11 is 6.39. The predicted molar refractivity (Wildman–Crippen MR) is 222 cm³/mol. The summed E-state index contributed by atoms with van der Waals surface area (Å²) in [4.78, 5) is 61.5. The lowest BCUT2D eigenvalue weighted by Gasteiger charge is -2.31. The molecule has 4 heterocycles. The molecule has 0 unspecified atom stereocenters. The maximum atomic E-state index is 13.9. The van der Waals surface area contributed by atoms with Gasteiger partial charge in [-0.25, -0.2) is 14.8 Å². The number of H-pyrrole nitrogens is 2. The summed E-state index contributed by atoms with van der Waals surface area (Å²) in [6.45, 7) is 1.18. The van der Waals surface area contributed by atoms with Gasteiger partial charge in [-0.2, -0.15) is 0 Å². The van der Waals surface area contributed by atoms with E-state index in [0.717, 1.165) is 64.3 Å². The Bertz CT molecular complexity index is 2400. The van der Waals surface area contributed by atoms with E-state index in [1.807, 2.05) is 72.6 Å². The highest BCUT2D eigenvalue weighted by atomic mass is 35.5. The summed E-state index contributed by atoms with van der Waals surface area (Å²) in [6.07, 6.45) is 4.56. The zero-order chi connectivity index (χ0) is 40.3. The second-order valence-electron chi connectivity index (χ2n) is 15.0. The van der Waals surface area contributed by atoms with Gasteiger partial charge in [0.1, 0.15) is 17.7 Å². The van der Waals surface area contributed by atoms with Crippen LogP contribution in [0.2, 0.25) is 5.02 Å². The van der Waals surface area contributed by atoms with Crippen LogP contribution in [0.15, 0.2) is 116 Å². The second kappa shape index (κ2) is 16.7. The maximum Gasteiger partial charge on any atom is 0.405 e. The number of likely N-dealkylation sites (tertiary alicyclic amines) is 2. The molecule has 6 aromatic rings. The van der Waals surface area contributed by atoms with Crippen LogP contribution in [0, 0.1) is 0 Å². The van der Waals surface area contributed by atoms with E-state index in [0.29, 0.717) is 35.9 Å². The summed E-state index contributed by atoms with van der Waals surface area (Å²) in [5.41, 5.74) is 12.5. The van der Waals surface area contributed by atoms with Crippen LogP contribution >= 0.6 is 11.6 Å². The van der Waals surface area contributed by atoms with Crippen molar-refractivity contribution in [3.63, 3.8) is 0 Å². The van der Waals surface area contributed by atoms with Crippen molar-refractivity contribution in [2.24, 2.45) is 5.73 Å². The van der Waals surface area contributed by atoms with E-state index in [4.69, 9.17) is 27.1 Å². The number of amides is 3. The van der Waals surface area contributed by atoms with Crippen molar-refractivity contribution in [3.05, 3.63) is 143 Å². The Morgan fingerprint density at radius 1 is 0.707 bits per heavy atom. The van der Waals surface area contributed by atoms with Crippen LogP contribution in [-0.4, -0.2) is 79.7 Å². The molecule has 4 atom stereocenters. The van der Waals surface area contributed by atoms with Gasteiger partial charge in [0.2, 0.25) is 12.0 Å². The second-order valence-corrected chi connectivity index (χ2v) is 15.4. The van der Waals surface area contributed by atoms with Crippen LogP contribution in [0.1, 0.15) is 72.7 Å². The third kappa shape index (κ3) is 7.85. The average molecular weight is 797 g/mol. The van der Waals surface area contributed by atoms with Gasteiger partial charge in [-0.15, -0.1) is 0 Å². The van der Waals surface area contributed by atoms with Crippen LogP contribution in [0.4, 0.5) is 4.79 Å². The number of carbonyl (C=O) groups excluding carboxylic acids is 3. The number of hydrogen-bond donors (Lipinski definition) is 3. The Kier molecular flexibility index (Phi) is 11.1. The molecule has 4 N–H and O–H groups in total. The summed E-state index contributed by atoms with van der Waals surface area (Å²) in [7, 11) is 3.89. The lowest BCUT2D eigenvalue weighted by molar-refractivity contribution is -0.141. The fourth-order valence-corrected chi connectivity index (χ4v) is 8.51. The first-order valence-corrected chi connectivity index (χ1v) is 19.9. The number of nitrogens with two attached hydrogens (primary N) is 1. The molecule has 2 aliphatic rings. The lowest BCUT2D eigenvalue weighted by atomic mass is 10.0. The van der Waals surface area contributed by atoms with E-state index < -0.39 is 18.1 Å². The summed E-state index contributed by atoms with van der Waals surface area (Å²) in [6, 6.07) is 32.5. The fourth-order valence-electron chi connectivity index (χ4n) is 8.27. The third-order valence-corrected chi connectivity index (χ3v) is 11.5. The molecular weight excluding hydrogens is 752 g/mol. The van der Waals surface area contributed by atoms with Gasteiger partial charge in [0.05, 0.1) is 35.9 Å². The monoisotopic (exact) mass is 796 g/mol. The number of aromatic amines is 2. The number of halogens is 1. The summed E-state index contributed by atoms with van der Waals surface area (Å²) < 4.78 is 5.30. The van der Waals surface area contributed by atoms with Crippen molar-refractivity contribution in [2.45, 2.75) is 49.9 Å². The highest BCUT2D eigenvalue weighted by Gasteiger charge is 2.39. The van der Waals surface area contributed by atoms with Crippen LogP contribution in [-0.2, 0) is 14.3 Å². The van der Waals surface area contributed by atoms with Crippen molar-refractivity contribution < 1.29 is 19.1 Å². The van der Waals surface area contributed by atoms with E-state index >= 15 is 0 Å². The number of nitrogens with one attached hydrogen (secondary N) is 2. The lowest BCUT2D eigenvalue weighted by Crippen LogP contribution is -2.40. The molecule has 8 rings (SSSR count). The van der Waals surface area contributed by atoms with E-state index in [9.17, 15) is 14.4 Å². The summed E-state index contributed by atoms with van der Waals surface area (Å²) in [5, 5.41) is 0.309. The Hall–Kier alpha value is -6.24. The van der Waals surface area contributed by atoms with Gasteiger partial charge < -0.3 is 30.2 Å². The molecule has 2 aliphatic heterocycles. The molecule has 3 amide bonds. The minimum absolute atomic E-state index is 0.0875. The highest BCUT2D eigenvalue weighted by Crippen LogP contribution is 2.38. The Balaban J connectivity index is 0.933. The van der Waals surface area contributed by atoms with E-state index in [1.165, 1.54) is 0 Å². The quantitative estimate of drug-likeness (QED) is 0.119. The molecule has 2 aromatic heterocycles. The molecule has 2 fully saturated rings. The molecule has 0 spiro atoms. The third-order valence-electron chi connectivity index (χ3n) is 11.1. The van der Waals surface area contributed by atoms with E-state index in [2.05, 4.69) is 51.4 Å². The first-order valence-electron chi connectivity index (χ1n) is 19.5. The number of imidazole rings is 2. The number of hydrogen-bond acceptors (Lipinski definition) is 7. The standard InChI is InChI=1S/C45H45ClN8O4/c1-52(2)39(32-10-4-3-5-11-32)43(55)53-24-8-14-37(53)41-48-26-35(50-41)30-20-16-28(17-21-30)29-18-22-31(23-19-29)36-27-49-42(51-36)38-15-9-25-54(38)44(56)40(58-45(47)57)33-12-6-7-13-34(33)46/h3-7,10-13,16-23,26-27,37-40H,8-9,14-15,24-25H2,1-2H3,(H2,47,57)(H,48,50)(H,49,51)/t37-,38-,39+,40+/m0/s1. The van der Waals surface area contributed by atoms with Crippen molar-refractivity contribution in [1.29, 1.82) is 0 Å². The number of nitrogens with zero attached hydrogens (tertiary/aromatic N) is 5. The minimum atomic E-state index is -1.26. The normalized spacial score (nSPS) is 17.7. The molecule has 58 heavy (non-hydrogen) atoms. The first kappa shape index (κ1) is 38.6. The predicted octanol–water partition coefficient (Wildman–Crippen LogP) is 8.25. The number of likely N-dealkylation sites (N-methyl/N-ethyl adjacent to an activating group) is 1. The van der Waals surface area contributed by atoms with Crippen LogP contribution < -0.4 is 5.73 Å². The van der Waals surface area contributed by atoms with Crippen LogP contribution in [0.5, 0.6) is 0 Å². The van der Waals surface area contributed by atoms with Gasteiger partial charge in [0.15, 0.2) is 0 Å².